The second-order valence-electron chi connectivity index (χ2n) is 2.45. The summed E-state index contributed by atoms with van der Waals surface area (Å²) in [6.45, 7) is 0. The molecule has 1 N–H and O–H groups in total. The Morgan fingerprint density at radius 1 is 1.46 bits per heavy atom. The van der Waals surface area contributed by atoms with Gasteiger partial charge in [-0.05, 0) is 22.0 Å². The molecule has 0 atom stereocenters. The average molecular weight is 281 g/mol. The molecule has 0 saturated carbocycles. The fourth-order valence-corrected chi connectivity index (χ4v) is 1.59. The van der Waals surface area contributed by atoms with Crippen LogP contribution < -0.4 is 0 Å². The highest BCUT2D eigenvalue weighted by atomic mass is 79.9. The van der Waals surface area contributed by atoms with Crippen LogP contribution in [0.4, 0.5) is 0 Å². The molecular formula is C7H4BrCl2N3. The molecule has 0 fully saturated rings. The molecule has 0 saturated heterocycles. The first-order valence-electron chi connectivity index (χ1n) is 3.47. The first-order valence-corrected chi connectivity index (χ1v) is 5.18. The van der Waals surface area contributed by atoms with Crippen LogP contribution in [0.3, 0.4) is 0 Å². The lowest BCUT2D eigenvalue weighted by Gasteiger charge is -1.92. The maximum Gasteiger partial charge on any atom is 0.179 e. The minimum Gasteiger partial charge on any atom is -0.340 e. The van der Waals surface area contributed by atoms with Gasteiger partial charge in [0.25, 0.3) is 0 Å². The van der Waals surface area contributed by atoms with Gasteiger partial charge in [-0.2, -0.15) is 0 Å². The van der Waals surface area contributed by atoms with Crippen LogP contribution in [0.25, 0.3) is 11.2 Å². The largest absolute Gasteiger partial charge is 0.340 e. The van der Waals surface area contributed by atoms with Crippen molar-refractivity contribution in [3.8, 4) is 0 Å². The number of nitrogens with one attached hydrogen (secondary N) is 1. The Morgan fingerprint density at radius 2 is 2.23 bits per heavy atom. The second kappa shape index (κ2) is 3.44. The van der Waals surface area contributed by atoms with Crippen LogP contribution in [-0.2, 0) is 5.88 Å². The van der Waals surface area contributed by atoms with Crippen LogP contribution in [0.5, 0.6) is 0 Å². The van der Waals surface area contributed by atoms with Gasteiger partial charge in [0.2, 0.25) is 0 Å². The smallest absolute Gasteiger partial charge is 0.179 e. The summed E-state index contributed by atoms with van der Waals surface area (Å²) >= 11 is 14.7. The molecule has 0 unspecified atom stereocenters. The van der Waals surface area contributed by atoms with Gasteiger partial charge in [-0.25, -0.2) is 9.97 Å². The van der Waals surface area contributed by atoms with Gasteiger partial charge in [-0.3, -0.25) is 0 Å². The Bertz CT molecular complexity index is 415. The highest BCUT2D eigenvalue weighted by Crippen LogP contribution is 2.23. The molecule has 0 spiro atoms. The Kier molecular flexibility index (Phi) is 2.45. The van der Waals surface area contributed by atoms with E-state index in [0.29, 0.717) is 22.5 Å². The van der Waals surface area contributed by atoms with Crippen molar-refractivity contribution in [2.24, 2.45) is 0 Å². The Hall–Kier alpha value is -0.320. The number of aromatic amines is 1. The quantitative estimate of drug-likeness (QED) is 0.644. The molecular weight excluding hydrogens is 277 g/mol. The average Bonchev–Trinajstić information content (AvgIpc) is 2.48. The lowest BCUT2D eigenvalue weighted by molar-refractivity contribution is 1.13. The number of pyridine rings is 1. The van der Waals surface area contributed by atoms with E-state index in [4.69, 9.17) is 23.2 Å². The van der Waals surface area contributed by atoms with Crippen LogP contribution in [0.1, 0.15) is 5.82 Å². The third-order valence-electron chi connectivity index (χ3n) is 1.56. The van der Waals surface area contributed by atoms with Crippen LogP contribution in [0.2, 0.25) is 5.15 Å². The number of imidazole rings is 1. The number of rotatable bonds is 1. The summed E-state index contributed by atoms with van der Waals surface area (Å²) in [5, 5.41) is 0.403. The van der Waals surface area contributed by atoms with E-state index >= 15 is 0 Å². The Morgan fingerprint density at radius 3 is 2.92 bits per heavy atom. The molecule has 0 aromatic carbocycles. The Balaban J connectivity index is 2.70. The van der Waals surface area contributed by atoms with Crippen molar-refractivity contribution >= 4 is 50.3 Å². The summed E-state index contributed by atoms with van der Waals surface area (Å²) in [5.41, 5.74) is 1.41. The molecule has 6 heteroatoms. The van der Waals surface area contributed by atoms with E-state index in [1.807, 2.05) is 6.07 Å². The molecule has 0 amide bonds. The van der Waals surface area contributed by atoms with Crippen molar-refractivity contribution in [1.82, 2.24) is 15.0 Å². The van der Waals surface area contributed by atoms with Gasteiger partial charge in [0, 0.05) is 0 Å². The summed E-state index contributed by atoms with van der Waals surface area (Å²) in [5.74, 6) is 1.03. The molecule has 2 heterocycles. The van der Waals surface area contributed by atoms with Crippen LogP contribution in [0, 0.1) is 0 Å². The highest BCUT2D eigenvalue weighted by Gasteiger charge is 2.06. The number of halogens is 3. The normalized spacial score (nSPS) is 11.0. The predicted molar refractivity (Wildman–Crippen MR) is 56.2 cm³/mol. The summed E-state index contributed by atoms with van der Waals surface area (Å²) in [4.78, 5) is 11.2. The predicted octanol–water partition coefficient (Wildman–Crippen LogP) is 3.11. The highest BCUT2D eigenvalue weighted by molar-refractivity contribution is 9.10. The summed E-state index contributed by atoms with van der Waals surface area (Å²) in [7, 11) is 0. The van der Waals surface area contributed by atoms with Gasteiger partial charge < -0.3 is 4.98 Å². The molecule has 2 aromatic rings. The van der Waals surface area contributed by atoms with Gasteiger partial charge in [0.1, 0.15) is 11.0 Å². The van der Waals surface area contributed by atoms with Gasteiger partial charge in [0.05, 0.1) is 15.9 Å². The monoisotopic (exact) mass is 279 g/mol. The van der Waals surface area contributed by atoms with Crippen molar-refractivity contribution in [3.05, 3.63) is 21.5 Å². The van der Waals surface area contributed by atoms with Gasteiger partial charge >= 0.3 is 0 Å². The summed E-state index contributed by atoms with van der Waals surface area (Å²) < 4.78 is 0.742. The van der Waals surface area contributed by atoms with Crippen LogP contribution >= 0.6 is 39.1 Å². The molecule has 2 rings (SSSR count). The summed E-state index contributed by atoms with van der Waals surface area (Å²) in [6.07, 6.45) is 0. The van der Waals surface area contributed by atoms with Crippen molar-refractivity contribution in [3.63, 3.8) is 0 Å². The van der Waals surface area contributed by atoms with Crippen molar-refractivity contribution in [2.75, 3.05) is 0 Å². The van der Waals surface area contributed by atoms with E-state index in [1.54, 1.807) is 0 Å². The number of hydrogen-bond acceptors (Lipinski definition) is 2. The zero-order valence-electron chi connectivity index (χ0n) is 6.31. The zero-order valence-corrected chi connectivity index (χ0v) is 9.41. The summed E-state index contributed by atoms with van der Waals surface area (Å²) in [6, 6.07) is 1.83. The number of hydrogen-bond donors (Lipinski definition) is 1. The fraction of sp³-hybridized carbons (Fsp3) is 0.143. The SMILES string of the molecule is ClCc1nc2nc(Cl)c(Br)cc2[nH]1. The molecule has 0 aliphatic heterocycles. The molecule has 2 aromatic heterocycles. The van der Waals surface area contributed by atoms with E-state index in [-0.39, 0.29) is 0 Å². The first-order chi connectivity index (χ1) is 6.20. The molecule has 0 aliphatic carbocycles. The maximum absolute atomic E-state index is 5.80. The number of alkyl halides is 1. The number of aromatic nitrogens is 3. The van der Waals surface area contributed by atoms with Gasteiger partial charge in [-0.15, -0.1) is 11.6 Å². The molecule has 68 valence electrons. The zero-order chi connectivity index (χ0) is 9.42. The molecule has 3 nitrogen and oxygen atoms in total. The molecule has 0 bridgehead atoms. The molecule has 0 radical (unpaired) electrons. The minimum absolute atomic E-state index is 0.339. The first kappa shape index (κ1) is 9.24. The van der Waals surface area contributed by atoms with E-state index in [2.05, 4.69) is 30.9 Å². The number of nitrogens with zero attached hydrogens (tertiary/aromatic N) is 2. The minimum atomic E-state index is 0.339. The third-order valence-corrected chi connectivity index (χ3v) is 2.93. The third kappa shape index (κ3) is 1.66. The topological polar surface area (TPSA) is 41.6 Å². The fourth-order valence-electron chi connectivity index (χ4n) is 1.01. The number of H-pyrrole nitrogens is 1. The number of fused-ring (bicyclic) bond motifs is 1. The Labute approximate surface area is 92.6 Å². The van der Waals surface area contributed by atoms with Crippen molar-refractivity contribution in [1.29, 1.82) is 0 Å². The van der Waals surface area contributed by atoms with E-state index in [0.717, 1.165) is 9.99 Å². The van der Waals surface area contributed by atoms with E-state index in [9.17, 15) is 0 Å². The van der Waals surface area contributed by atoms with Crippen molar-refractivity contribution < 1.29 is 0 Å². The van der Waals surface area contributed by atoms with Gasteiger partial charge in [-0.1, -0.05) is 11.6 Å². The lowest BCUT2D eigenvalue weighted by atomic mass is 10.4. The van der Waals surface area contributed by atoms with Crippen LogP contribution in [0.15, 0.2) is 10.5 Å². The molecule has 13 heavy (non-hydrogen) atoms. The molecule has 0 aliphatic rings. The van der Waals surface area contributed by atoms with E-state index < -0.39 is 0 Å². The standard InChI is InChI=1S/C7H4BrCl2N3/c8-3-1-4-7(13-6(3)10)12-5(2-9)11-4/h1H,2H2,(H,11,12,13). The van der Waals surface area contributed by atoms with Gasteiger partial charge in [0.15, 0.2) is 5.65 Å². The van der Waals surface area contributed by atoms with Crippen molar-refractivity contribution in [2.45, 2.75) is 5.88 Å². The lowest BCUT2D eigenvalue weighted by Crippen LogP contribution is -1.79. The maximum atomic E-state index is 5.80. The van der Waals surface area contributed by atoms with Crippen LogP contribution in [-0.4, -0.2) is 15.0 Å². The second-order valence-corrected chi connectivity index (χ2v) is 3.93. The van der Waals surface area contributed by atoms with E-state index in [1.165, 1.54) is 0 Å².